The van der Waals surface area contributed by atoms with Crippen molar-refractivity contribution in [1.82, 2.24) is 4.90 Å². The summed E-state index contributed by atoms with van der Waals surface area (Å²) in [5, 5.41) is 9.86. The van der Waals surface area contributed by atoms with E-state index in [0.717, 1.165) is 12.5 Å². The molecule has 0 aromatic carbocycles. The van der Waals surface area contributed by atoms with Crippen LogP contribution in [-0.4, -0.2) is 41.5 Å². The molecule has 3 heteroatoms. The second kappa shape index (κ2) is 4.19. The second-order valence-corrected chi connectivity index (χ2v) is 7.00. The minimum Gasteiger partial charge on any atom is -0.368 e. The number of nitrogens with zero attached hydrogens (tertiary/aromatic N) is 1. The Hall–Kier alpha value is -0.120. The van der Waals surface area contributed by atoms with E-state index in [1.807, 2.05) is 0 Å². The van der Waals surface area contributed by atoms with E-state index in [1.165, 1.54) is 58.0 Å². The lowest BCUT2D eigenvalue weighted by Gasteiger charge is -2.61. The minimum atomic E-state index is -0.487. The van der Waals surface area contributed by atoms with Crippen molar-refractivity contribution in [3.05, 3.63) is 0 Å². The topological polar surface area (TPSA) is 32.7 Å². The normalized spacial score (nSPS) is 52.5. The Kier molecular flexibility index (Phi) is 2.72. The van der Waals surface area contributed by atoms with Crippen LogP contribution in [-0.2, 0) is 4.74 Å². The molecule has 1 aliphatic carbocycles. The van der Waals surface area contributed by atoms with Crippen molar-refractivity contribution < 1.29 is 9.84 Å². The van der Waals surface area contributed by atoms with Crippen LogP contribution in [0.15, 0.2) is 0 Å². The Morgan fingerprint density at radius 1 is 1.06 bits per heavy atom. The molecule has 4 fully saturated rings. The third-order valence-corrected chi connectivity index (χ3v) is 6.07. The van der Waals surface area contributed by atoms with Crippen molar-refractivity contribution in [1.29, 1.82) is 0 Å². The van der Waals surface area contributed by atoms with Gasteiger partial charge in [-0.3, -0.25) is 4.90 Å². The summed E-state index contributed by atoms with van der Waals surface area (Å²) in [4.78, 5) is 2.77. The van der Waals surface area contributed by atoms with Crippen LogP contribution in [0.1, 0.15) is 51.4 Å². The molecule has 0 aromatic rings. The zero-order chi connectivity index (χ0) is 12.2. The summed E-state index contributed by atoms with van der Waals surface area (Å²) in [7, 11) is 0. The highest BCUT2D eigenvalue weighted by molar-refractivity contribution is 5.07. The number of hydrogen-bond donors (Lipinski definition) is 1. The standard InChI is InChI=1S/C15H25NO2/c17-13-6-8-15-7-3-4-11(14(15)18-13)12-5-1-2-9-16(12)10-15/h11-14,17H,1-10H2/t11-,12-,13-,14-,15-/m1/s1. The summed E-state index contributed by atoms with van der Waals surface area (Å²) >= 11 is 0. The molecule has 18 heavy (non-hydrogen) atoms. The van der Waals surface area contributed by atoms with Crippen molar-refractivity contribution >= 4 is 0 Å². The lowest BCUT2D eigenvalue weighted by molar-refractivity contribution is -0.269. The van der Waals surface area contributed by atoms with Gasteiger partial charge in [0.2, 0.25) is 0 Å². The molecule has 2 bridgehead atoms. The van der Waals surface area contributed by atoms with Gasteiger partial charge in [0, 0.05) is 23.9 Å². The molecular weight excluding hydrogens is 226 g/mol. The van der Waals surface area contributed by atoms with E-state index in [9.17, 15) is 5.11 Å². The zero-order valence-corrected chi connectivity index (χ0v) is 11.2. The van der Waals surface area contributed by atoms with E-state index in [2.05, 4.69) is 4.90 Å². The molecule has 1 saturated carbocycles. The highest BCUT2D eigenvalue weighted by Crippen LogP contribution is 2.54. The van der Waals surface area contributed by atoms with Crippen LogP contribution >= 0.6 is 0 Å². The Labute approximate surface area is 109 Å². The van der Waals surface area contributed by atoms with E-state index in [4.69, 9.17) is 4.74 Å². The summed E-state index contributed by atoms with van der Waals surface area (Å²) < 4.78 is 6.03. The van der Waals surface area contributed by atoms with Gasteiger partial charge >= 0.3 is 0 Å². The van der Waals surface area contributed by atoms with E-state index in [0.29, 0.717) is 17.4 Å². The van der Waals surface area contributed by atoms with Crippen LogP contribution in [0.2, 0.25) is 0 Å². The molecule has 0 unspecified atom stereocenters. The summed E-state index contributed by atoms with van der Waals surface area (Å²) in [6.07, 6.45) is 10.0. The fourth-order valence-electron chi connectivity index (χ4n) is 5.34. The van der Waals surface area contributed by atoms with Gasteiger partial charge in [0.1, 0.15) is 0 Å². The van der Waals surface area contributed by atoms with E-state index < -0.39 is 6.29 Å². The number of aliphatic hydroxyl groups is 1. The van der Waals surface area contributed by atoms with Gasteiger partial charge in [-0.2, -0.15) is 0 Å². The fraction of sp³-hybridized carbons (Fsp3) is 1.00. The lowest BCUT2D eigenvalue weighted by Crippen LogP contribution is -2.66. The van der Waals surface area contributed by atoms with Crippen LogP contribution in [0.25, 0.3) is 0 Å². The summed E-state index contributed by atoms with van der Waals surface area (Å²) in [6, 6.07) is 0.752. The van der Waals surface area contributed by atoms with Gasteiger partial charge in [0.05, 0.1) is 6.10 Å². The van der Waals surface area contributed by atoms with Gasteiger partial charge in [-0.1, -0.05) is 12.8 Å². The average Bonchev–Trinajstić information content (AvgIpc) is 2.38. The smallest absolute Gasteiger partial charge is 0.154 e. The summed E-state index contributed by atoms with van der Waals surface area (Å²) in [6.45, 7) is 2.55. The molecule has 5 atom stereocenters. The largest absolute Gasteiger partial charge is 0.368 e. The molecule has 3 aliphatic heterocycles. The first-order valence-corrected chi connectivity index (χ1v) is 7.86. The van der Waals surface area contributed by atoms with Crippen molar-refractivity contribution in [2.45, 2.75) is 69.8 Å². The Bertz CT molecular complexity index is 334. The van der Waals surface area contributed by atoms with Crippen molar-refractivity contribution in [2.24, 2.45) is 11.3 Å². The van der Waals surface area contributed by atoms with Gasteiger partial charge in [-0.05, 0) is 45.1 Å². The van der Waals surface area contributed by atoms with Crippen LogP contribution in [0.3, 0.4) is 0 Å². The first-order valence-electron chi connectivity index (χ1n) is 7.86. The number of aliphatic hydroxyl groups excluding tert-OH is 1. The van der Waals surface area contributed by atoms with Gasteiger partial charge < -0.3 is 9.84 Å². The van der Waals surface area contributed by atoms with E-state index >= 15 is 0 Å². The third-order valence-electron chi connectivity index (χ3n) is 6.07. The average molecular weight is 251 g/mol. The minimum absolute atomic E-state index is 0.356. The number of ether oxygens (including phenoxy) is 1. The maximum Gasteiger partial charge on any atom is 0.154 e. The number of piperidine rings is 2. The van der Waals surface area contributed by atoms with Crippen LogP contribution < -0.4 is 0 Å². The van der Waals surface area contributed by atoms with Gasteiger partial charge in [0.25, 0.3) is 0 Å². The predicted molar refractivity (Wildman–Crippen MR) is 69.1 cm³/mol. The van der Waals surface area contributed by atoms with Crippen molar-refractivity contribution in [2.75, 3.05) is 13.1 Å². The Morgan fingerprint density at radius 3 is 2.94 bits per heavy atom. The fourth-order valence-corrected chi connectivity index (χ4v) is 5.34. The number of rotatable bonds is 0. The molecule has 4 rings (SSSR count). The van der Waals surface area contributed by atoms with Gasteiger partial charge in [-0.15, -0.1) is 0 Å². The van der Waals surface area contributed by atoms with Crippen molar-refractivity contribution in [3.8, 4) is 0 Å². The van der Waals surface area contributed by atoms with Gasteiger partial charge in [0.15, 0.2) is 6.29 Å². The molecule has 3 nitrogen and oxygen atoms in total. The highest BCUT2D eigenvalue weighted by atomic mass is 16.6. The summed E-state index contributed by atoms with van der Waals surface area (Å²) in [5.74, 6) is 0.697. The van der Waals surface area contributed by atoms with Crippen LogP contribution in [0, 0.1) is 11.3 Å². The maximum absolute atomic E-state index is 9.86. The molecule has 3 heterocycles. The second-order valence-electron chi connectivity index (χ2n) is 7.00. The van der Waals surface area contributed by atoms with Gasteiger partial charge in [-0.25, -0.2) is 0 Å². The van der Waals surface area contributed by atoms with E-state index in [1.54, 1.807) is 0 Å². The first-order chi connectivity index (χ1) is 8.78. The van der Waals surface area contributed by atoms with Crippen LogP contribution in [0.4, 0.5) is 0 Å². The Morgan fingerprint density at radius 2 is 2.00 bits per heavy atom. The molecule has 4 aliphatic rings. The maximum atomic E-state index is 9.86. The predicted octanol–water partition coefficient (Wildman–Crippen LogP) is 2.14. The molecule has 0 amide bonds. The van der Waals surface area contributed by atoms with E-state index in [-0.39, 0.29) is 0 Å². The third kappa shape index (κ3) is 1.60. The molecule has 1 N–H and O–H groups in total. The first kappa shape index (κ1) is 11.7. The molecule has 0 aromatic heterocycles. The molecule has 0 radical (unpaired) electrons. The molecular formula is C15H25NO2. The molecule has 3 saturated heterocycles. The quantitative estimate of drug-likeness (QED) is 0.716. The summed E-state index contributed by atoms with van der Waals surface area (Å²) in [5.41, 5.74) is 0.385. The number of fused-ring (bicyclic) bond motifs is 2. The molecule has 102 valence electrons. The Balaban J connectivity index is 1.67. The monoisotopic (exact) mass is 251 g/mol. The SMILES string of the molecule is O[C@H]1CC[C@]23CCC[C@H]([C@H]4CCCCN4C2)[C@H]3O1. The zero-order valence-electron chi connectivity index (χ0n) is 11.2. The molecule has 0 spiro atoms. The van der Waals surface area contributed by atoms with Crippen LogP contribution in [0.5, 0.6) is 0 Å². The lowest BCUT2D eigenvalue weighted by atomic mass is 9.58. The van der Waals surface area contributed by atoms with Crippen molar-refractivity contribution in [3.63, 3.8) is 0 Å². The highest BCUT2D eigenvalue weighted by Gasteiger charge is 2.57. The number of hydrogen-bond acceptors (Lipinski definition) is 3.